The summed E-state index contributed by atoms with van der Waals surface area (Å²) in [4.78, 5) is 8.59. The van der Waals surface area contributed by atoms with Crippen molar-refractivity contribution in [1.82, 2.24) is 29.5 Å². The number of hydrogen-bond acceptors (Lipinski definition) is 10. The van der Waals surface area contributed by atoms with Gasteiger partial charge in [0.2, 0.25) is 0 Å². The van der Waals surface area contributed by atoms with Crippen LogP contribution in [0.2, 0.25) is 0 Å². The lowest BCUT2D eigenvalue weighted by Gasteiger charge is -2.16. The molecule has 274 valence electrons. The fourth-order valence-electron chi connectivity index (χ4n) is 5.24. The van der Waals surface area contributed by atoms with Gasteiger partial charge in [-0.1, -0.05) is 65.8 Å². The molecule has 0 saturated heterocycles. The SMILES string of the molecule is Cc1cccc(C)c1/N=N/c1c(C(C)(C)C)nn(-c2cc(-n3nc(C(C)(C)C)c(/N=N/c4c(C(F)(F)F)cccc4C(F)(F)F)c3N)ncn2)c1N. The van der Waals surface area contributed by atoms with Gasteiger partial charge in [0.05, 0.1) is 28.2 Å². The van der Waals surface area contributed by atoms with Gasteiger partial charge in [0.25, 0.3) is 0 Å². The van der Waals surface area contributed by atoms with Gasteiger partial charge >= 0.3 is 12.4 Å². The van der Waals surface area contributed by atoms with E-state index in [9.17, 15) is 26.3 Å². The van der Waals surface area contributed by atoms with Gasteiger partial charge in [0.1, 0.15) is 12.0 Å². The van der Waals surface area contributed by atoms with Gasteiger partial charge in [-0.15, -0.1) is 20.5 Å². The van der Waals surface area contributed by atoms with Crippen LogP contribution in [0.5, 0.6) is 0 Å². The first-order chi connectivity index (χ1) is 24.0. The average molecular weight is 727 g/mol. The second kappa shape index (κ2) is 13.1. The number of nitrogens with zero attached hydrogens (tertiary/aromatic N) is 10. The molecule has 18 heteroatoms. The molecule has 0 fully saturated rings. The summed E-state index contributed by atoms with van der Waals surface area (Å²) in [6.07, 6.45) is -9.12. The lowest BCUT2D eigenvalue weighted by atomic mass is 9.91. The van der Waals surface area contributed by atoms with Crippen molar-refractivity contribution in [1.29, 1.82) is 0 Å². The van der Waals surface area contributed by atoms with Crippen molar-refractivity contribution in [3.05, 3.63) is 82.4 Å². The molecule has 0 amide bonds. The molecule has 0 radical (unpaired) electrons. The van der Waals surface area contributed by atoms with Crippen molar-refractivity contribution >= 4 is 34.4 Å². The van der Waals surface area contributed by atoms with Crippen LogP contribution in [-0.4, -0.2) is 29.5 Å². The second-order valence-corrected chi connectivity index (χ2v) is 14.1. The van der Waals surface area contributed by atoms with Crippen molar-refractivity contribution in [2.75, 3.05) is 11.5 Å². The Morgan fingerprint density at radius 2 is 0.923 bits per heavy atom. The predicted octanol–water partition coefficient (Wildman–Crippen LogP) is 10.1. The standard InChI is InChI=1S/C34H36F6N12/c1-17-11-9-12-18(2)23(17)45-47-25-27(31(3,4)5)49-51(29(25)41)21-15-22(44-16-43-21)52-30(42)26(28(50-52)32(6,7)8)48-46-24-19(33(35,36)37)13-10-14-20(24)34(38,39)40/h9-16H,41-42H2,1-8H3/b47-45+,48-46+. The van der Waals surface area contributed by atoms with E-state index < -0.39 is 40.0 Å². The highest BCUT2D eigenvalue weighted by Crippen LogP contribution is 2.46. The molecule has 2 aromatic carbocycles. The van der Waals surface area contributed by atoms with E-state index in [0.717, 1.165) is 15.8 Å². The zero-order valence-corrected chi connectivity index (χ0v) is 29.5. The van der Waals surface area contributed by atoms with Gasteiger partial charge in [-0.05, 0) is 37.1 Å². The van der Waals surface area contributed by atoms with E-state index >= 15 is 0 Å². The molecule has 12 nitrogen and oxygen atoms in total. The lowest BCUT2D eigenvalue weighted by Crippen LogP contribution is -2.14. The van der Waals surface area contributed by atoms with Crippen LogP contribution in [0, 0.1) is 13.8 Å². The summed E-state index contributed by atoms with van der Waals surface area (Å²) in [6.45, 7) is 14.8. The highest BCUT2D eigenvalue weighted by atomic mass is 19.4. The molecule has 0 bridgehead atoms. The summed E-state index contributed by atoms with van der Waals surface area (Å²) in [5, 5.41) is 25.6. The number of rotatable bonds is 6. The van der Waals surface area contributed by atoms with Crippen LogP contribution >= 0.6 is 0 Å². The maximum absolute atomic E-state index is 13.8. The van der Waals surface area contributed by atoms with Crippen molar-refractivity contribution < 1.29 is 26.3 Å². The van der Waals surface area contributed by atoms with Crippen molar-refractivity contribution in [3.8, 4) is 11.6 Å². The lowest BCUT2D eigenvalue weighted by molar-refractivity contribution is -0.142. The minimum absolute atomic E-state index is 0.0621. The summed E-state index contributed by atoms with van der Waals surface area (Å²) < 4.78 is 85.4. The molecule has 0 saturated carbocycles. The van der Waals surface area contributed by atoms with Gasteiger partial charge in [-0.2, -0.15) is 45.9 Å². The van der Waals surface area contributed by atoms with E-state index in [1.165, 1.54) is 17.1 Å². The Kier molecular flexibility index (Phi) is 9.49. The molecule has 52 heavy (non-hydrogen) atoms. The van der Waals surface area contributed by atoms with Gasteiger partial charge in [-0.3, -0.25) is 0 Å². The molecule has 0 spiro atoms. The molecule has 0 aliphatic carbocycles. The highest BCUT2D eigenvalue weighted by Gasteiger charge is 2.41. The number of halogens is 6. The molecule has 3 heterocycles. The smallest absolute Gasteiger partial charge is 0.382 e. The summed E-state index contributed by atoms with van der Waals surface area (Å²) >= 11 is 0. The molecule has 5 aromatic rings. The average Bonchev–Trinajstić information content (AvgIpc) is 3.55. The van der Waals surface area contributed by atoms with Gasteiger partial charge in [0.15, 0.2) is 34.6 Å². The normalized spacial score (nSPS) is 13.2. The minimum atomic E-state index is -5.16. The number of aromatic nitrogens is 6. The largest absolute Gasteiger partial charge is 0.418 e. The van der Waals surface area contributed by atoms with Crippen LogP contribution in [0.25, 0.3) is 11.6 Å². The zero-order valence-electron chi connectivity index (χ0n) is 29.5. The predicted molar refractivity (Wildman–Crippen MR) is 183 cm³/mol. The van der Waals surface area contributed by atoms with E-state index in [0.29, 0.717) is 35.3 Å². The maximum atomic E-state index is 13.8. The van der Waals surface area contributed by atoms with Crippen LogP contribution in [0.4, 0.5) is 60.7 Å². The topological polar surface area (TPSA) is 163 Å². The first-order valence-electron chi connectivity index (χ1n) is 15.8. The number of hydrogen-bond donors (Lipinski definition) is 2. The van der Waals surface area contributed by atoms with Gasteiger partial charge < -0.3 is 11.5 Å². The van der Waals surface area contributed by atoms with Crippen molar-refractivity contribution in [2.24, 2.45) is 20.5 Å². The Labute approximate surface area is 294 Å². The highest BCUT2D eigenvalue weighted by molar-refractivity contribution is 5.68. The molecule has 5 rings (SSSR count). The molecular formula is C34H36F6N12. The van der Waals surface area contributed by atoms with Crippen LogP contribution in [0.3, 0.4) is 0 Å². The fourth-order valence-corrected chi connectivity index (χ4v) is 5.24. The second-order valence-electron chi connectivity index (χ2n) is 14.1. The Hall–Kier alpha value is -5.68. The van der Waals surface area contributed by atoms with Crippen LogP contribution in [0.15, 0.2) is 69.2 Å². The molecular weight excluding hydrogens is 690 g/mol. The van der Waals surface area contributed by atoms with Crippen molar-refractivity contribution in [2.45, 2.75) is 78.6 Å². The third kappa shape index (κ3) is 7.36. The molecule has 0 aliphatic rings. The Morgan fingerprint density at radius 3 is 1.31 bits per heavy atom. The number of azo groups is 2. The van der Waals surface area contributed by atoms with Gasteiger partial charge in [-0.25, -0.2) is 9.97 Å². The third-order valence-electron chi connectivity index (χ3n) is 7.87. The van der Waals surface area contributed by atoms with E-state index in [2.05, 4.69) is 35.5 Å². The van der Waals surface area contributed by atoms with Crippen LogP contribution in [-0.2, 0) is 23.2 Å². The molecule has 0 atom stereocenters. The van der Waals surface area contributed by atoms with E-state index in [1.54, 1.807) is 20.8 Å². The molecule has 0 unspecified atom stereocenters. The number of benzene rings is 2. The Balaban J connectivity index is 1.64. The van der Waals surface area contributed by atoms with E-state index in [4.69, 9.17) is 16.6 Å². The molecule has 0 aliphatic heterocycles. The molecule has 3 aromatic heterocycles. The fraction of sp³-hybridized carbons (Fsp3) is 0.353. The van der Waals surface area contributed by atoms with Crippen molar-refractivity contribution in [3.63, 3.8) is 0 Å². The van der Waals surface area contributed by atoms with E-state index in [1.807, 2.05) is 52.8 Å². The quantitative estimate of drug-likeness (QED) is 0.131. The minimum Gasteiger partial charge on any atom is -0.382 e. The summed E-state index contributed by atoms with van der Waals surface area (Å²) in [6, 6.07) is 8.83. The summed E-state index contributed by atoms with van der Waals surface area (Å²) in [7, 11) is 0. The number of nitrogens with two attached hydrogens (primary N) is 2. The van der Waals surface area contributed by atoms with Crippen LogP contribution in [0.1, 0.15) is 75.2 Å². The monoisotopic (exact) mass is 726 g/mol. The van der Waals surface area contributed by atoms with Crippen LogP contribution < -0.4 is 11.5 Å². The number of nitrogen functional groups attached to an aromatic ring is 2. The summed E-state index contributed by atoms with van der Waals surface area (Å²) in [5.74, 6) is 0.0906. The zero-order chi connectivity index (χ0) is 38.6. The maximum Gasteiger partial charge on any atom is 0.418 e. The first-order valence-corrected chi connectivity index (χ1v) is 15.8. The van der Waals surface area contributed by atoms with E-state index in [-0.39, 0.29) is 34.7 Å². The van der Waals surface area contributed by atoms with Gasteiger partial charge in [0, 0.05) is 16.9 Å². The molecule has 4 N–H and O–H groups in total. The Morgan fingerprint density at radius 1 is 0.558 bits per heavy atom. The third-order valence-corrected chi connectivity index (χ3v) is 7.87. The Bertz CT molecular complexity index is 2140. The number of anilines is 2. The summed E-state index contributed by atoms with van der Waals surface area (Å²) in [5.41, 5.74) is 10.3. The number of alkyl halides is 6. The number of aryl methyl sites for hydroxylation is 2. The first kappa shape index (κ1) is 37.6.